The second-order valence-corrected chi connectivity index (χ2v) is 6.45. The van der Waals surface area contributed by atoms with Crippen LogP contribution >= 0.6 is 11.8 Å². The van der Waals surface area contributed by atoms with Crippen LogP contribution in [-0.4, -0.2) is 40.8 Å². The molecule has 1 aromatic rings. The van der Waals surface area contributed by atoms with Crippen LogP contribution in [0.25, 0.3) is 0 Å². The molecule has 1 atom stereocenters. The van der Waals surface area contributed by atoms with E-state index in [0.29, 0.717) is 24.5 Å². The van der Waals surface area contributed by atoms with Gasteiger partial charge in [-0.25, -0.2) is 0 Å². The number of alkyl halides is 3. The minimum Gasteiger partial charge on any atom is -0.342 e. The van der Waals surface area contributed by atoms with Crippen molar-refractivity contribution >= 4 is 17.7 Å². The smallest absolute Gasteiger partial charge is 0.342 e. The third kappa shape index (κ3) is 5.19. The van der Waals surface area contributed by atoms with E-state index in [2.05, 4.69) is 4.98 Å². The van der Waals surface area contributed by atoms with Gasteiger partial charge in [-0.3, -0.25) is 9.78 Å². The maximum Gasteiger partial charge on any atom is 0.393 e. The molecule has 0 saturated carbocycles. The van der Waals surface area contributed by atoms with Gasteiger partial charge in [0.25, 0.3) is 0 Å². The van der Waals surface area contributed by atoms with Crippen molar-refractivity contribution in [2.24, 2.45) is 5.92 Å². The third-order valence-electron chi connectivity index (χ3n) is 3.67. The van der Waals surface area contributed by atoms with E-state index in [9.17, 15) is 18.0 Å². The van der Waals surface area contributed by atoms with Gasteiger partial charge in [0.2, 0.25) is 5.91 Å². The molecule has 1 aliphatic rings. The average molecular weight is 332 g/mol. The quantitative estimate of drug-likeness (QED) is 0.774. The minimum absolute atomic E-state index is 0.127. The number of halogens is 3. The Balaban J connectivity index is 1.71. The van der Waals surface area contributed by atoms with Gasteiger partial charge in [-0.2, -0.15) is 24.9 Å². The Labute approximate surface area is 132 Å². The van der Waals surface area contributed by atoms with Gasteiger partial charge in [0.05, 0.1) is 11.6 Å². The van der Waals surface area contributed by atoms with E-state index >= 15 is 0 Å². The predicted octanol–water partition coefficient (Wildman–Crippen LogP) is 3.51. The number of piperidine rings is 1. The van der Waals surface area contributed by atoms with E-state index in [-0.39, 0.29) is 25.3 Å². The van der Waals surface area contributed by atoms with E-state index in [1.165, 1.54) is 4.90 Å². The van der Waals surface area contributed by atoms with Crippen molar-refractivity contribution in [3.8, 4) is 0 Å². The number of amides is 1. The monoisotopic (exact) mass is 332 g/mol. The standard InChI is InChI=1S/C15H19F3N2OS/c16-15(17,18)12-4-3-8-20(10-12)14(21)6-9-22-11-13-5-1-2-7-19-13/h1-2,5,7,12H,3-4,6,8-11H2/t12-/m0/s1. The van der Waals surface area contributed by atoms with Crippen molar-refractivity contribution in [3.05, 3.63) is 30.1 Å². The highest BCUT2D eigenvalue weighted by Gasteiger charge is 2.42. The molecule has 1 aliphatic heterocycles. The summed E-state index contributed by atoms with van der Waals surface area (Å²) in [5.74, 6) is -0.240. The van der Waals surface area contributed by atoms with Gasteiger partial charge in [0.1, 0.15) is 0 Å². The average Bonchev–Trinajstić information content (AvgIpc) is 2.52. The molecular formula is C15H19F3N2OS. The summed E-state index contributed by atoms with van der Waals surface area (Å²) in [7, 11) is 0. The van der Waals surface area contributed by atoms with Gasteiger partial charge in [-0.05, 0) is 25.0 Å². The van der Waals surface area contributed by atoms with Crippen LogP contribution < -0.4 is 0 Å². The molecule has 3 nitrogen and oxygen atoms in total. The lowest BCUT2D eigenvalue weighted by molar-refractivity contribution is -0.188. The molecule has 1 amide bonds. The van der Waals surface area contributed by atoms with Crippen LogP contribution in [0.5, 0.6) is 0 Å². The van der Waals surface area contributed by atoms with Crippen molar-refractivity contribution in [2.45, 2.75) is 31.2 Å². The Kier molecular flexibility index (Phi) is 6.11. The first-order chi connectivity index (χ1) is 10.5. The van der Waals surface area contributed by atoms with Crippen LogP contribution in [0.15, 0.2) is 24.4 Å². The molecular weight excluding hydrogens is 313 g/mol. The highest BCUT2D eigenvalue weighted by Crippen LogP contribution is 2.33. The number of hydrogen-bond donors (Lipinski definition) is 0. The van der Waals surface area contributed by atoms with Gasteiger partial charge in [0.15, 0.2) is 0 Å². The zero-order valence-corrected chi connectivity index (χ0v) is 13.0. The zero-order chi connectivity index (χ0) is 16.0. The van der Waals surface area contributed by atoms with Gasteiger partial charge in [0, 0.05) is 37.2 Å². The van der Waals surface area contributed by atoms with Crippen molar-refractivity contribution < 1.29 is 18.0 Å². The second-order valence-electron chi connectivity index (χ2n) is 5.34. The first-order valence-corrected chi connectivity index (χ1v) is 8.44. The fourth-order valence-electron chi connectivity index (χ4n) is 2.45. The Morgan fingerprint density at radius 2 is 2.23 bits per heavy atom. The molecule has 0 unspecified atom stereocenters. The van der Waals surface area contributed by atoms with Crippen LogP contribution in [0.2, 0.25) is 0 Å². The minimum atomic E-state index is -4.20. The molecule has 0 bridgehead atoms. The molecule has 0 aliphatic carbocycles. The lowest BCUT2D eigenvalue weighted by Crippen LogP contribution is -2.44. The molecule has 7 heteroatoms. The van der Waals surface area contributed by atoms with Gasteiger partial charge < -0.3 is 4.90 Å². The Morgan fingerprint density at radius 3 is 2.91 bits per heavy atom. The summed E-state index contributed by atoms with van der Waals surface area (Å²) >= 11 is 1.57. The highest BCUT2D eigenvalue weighted by atomic mass is 32.2. The molecule has 1 aromatic heterocycles. The number of nitrogens with zero attached hydrogens (tertiary/aromatic N) is 2. The molecule has 0 N–H and O–H groups in total. The van der Waals surface area contributed by atoms with Gasteiger partial charge >= 0.3 is 6.18 Å². The van der Waals surface area contributed by atoms with Crippen molar-refractivity contribution in [2.75, 3.05) is 18.8 Å². The molecule has 22 heavy (non-hydrogen) atoms. The van der Waals surface area contributed by atoms with Crippen LogP contribution in [0, 0.1) is 5.92 Å². The molecule has 0 radical (unpaired) electrons. The number of hydrogen-bond acceptors (Lipinski definition) is 3. The number of carbonyl (C=O) groups is 1. The topological polar surface area (TPSA) is 33.2 Å². The summed E-state index contributed by atoms with van der Waals surface area (Å²) in [5, 5.41) is 0. The van der Waals surface area contributed by atoms with E-state index in [1.807, 2.05) is 18.2 Å². The molecule has 0 aromatic carbocycles. The fraction of sp³-hybridized carbons (Fsp3) is 0.600. The lowest BCUT2D eigenvalue weighted by Gasteiger charge is -2.33. The predicted molar refractivity (Wildman–Crippen MR) is 80.4 cm³/mol. The number of likely N-dealkylation sites (tertiary alicyclic amines) is 1. The fourth-order valence-corrected chi connectivity index (χ4v) is 3.29. The number of carbonyl (C=O) groups excluding carboxylic acids is 1. The van der Waals surface area contributed by atoms with Crippen molar-refractivity contribution in [1.29, 1.82) is 0 Å². The third-order valence-corrected chi connectivity index (χ3v) is 4.67. The second kappa shape index (κ2) is 7.85. The molecule has 122 valence electrons. The maximum atomic E-state index is 12.7. The van der Waals surface area contributed by atoms with Crippen molar-refractivity contribution in [3.63, 3.8) is 0 Å². The lowest BCUT2D eigenvalue weighted by atomic mass is 9.97. The summed E-state index contributed by atoms with van der Waals surface area (Å²) in [4.78, 5) is 17.6. The molecule has 1 saturated heterocycles. The van der Waals surface area contributed by atoms with Crippen LogP contribution in [0.3, 0.4) is 0 Å². The SMILES string of the molecule is O=C(CCSCc1ccccn1)N1CCC[C@H](C(F)(F)F)C1. The molecule has 0 spiro atoms. The summed E-state index contributed by atoms with van der Waals surface area (Å²) in [6.07, 6.45) is -1.65. The summed E-state index contributed by atoms with van der Waals surface area (Å²) in [5.41, 5.74) is 0.940. The summed E-state index contributed by atoms with van der Waals surface area (Å²) in [6.45, 7) is 0.254. The molecule has 2 rings (SSSR count). The molecule has 1 fully saturated rings. The van der Waals surface area contributed by atoms with Crippen LogP contribution in [0.4, 0.5) is 13.2 Å². The highest BCUT2D eigenvalue weighted by molar-refractivity contribution is 7.98. The first-order valence-electron chi connectivity index (χ1n) is 7.29. The maximum absolute atomic E-state index is 12.7. The van der Waals surface area contributed by atoms with E-state index in [1.54, 1.807) is 18.0 Å². The van der Waals surface area contributed by atoms with E-state index in [0.717, 1.165) is 5.69 Å². The number of rotatable bonds is 5. The number of aromatic nitrogens is 1. The van der Waals surface area contributed by atoms with Crippen molar-refractivity contribution in [1.82, 2.24) is 9.88 Å². The Hall–Kier alpha value is -1.24. The summed E-state index contributed by atoms with van der Waals surface area (Å²) < 4.78 is 38.2. The summed E-state index contributed by atoms with van der Waals surface area (Å²) in [6, 6.07) is 5.65. The van der Waals surface area contributed by atoms with E-state index < -0.39 is 12.1 Å². The number of thioether (sulfide) groups is 1. The van der Waals surface area contributed by atoms with Gasteiger partial charge in [-0.15, -0.1) is 0 Å². The Bertz CT molecular complexity index is 481. The largest absolute Gasteiger partial charge is 0.393 e. The Morgan fingerprint density at radius 1 is 1.41 bits per heavy atom. The van der Waals surface area contributed by atoms with Crippen LogP contribution in [0.1, 0.15) is 25.0 Å². The van der Waals surface area contributed by atoms with E-state index in [4.69, 9.17) is 0 Å². The first kappa shape index (κ1) is 17.1. The zero-order valence-electron chi connectivity index (χ0n) is 12.2. The van der Waals surface area contributed by atoms with Gasteiger partial charge in [-0.1, -0.05) is 6.07 Å². The number of pyridine rings is 1. The normalized spacial score (nSPS) is 19.2. The molecule has 2 heterocycles. The van der Waals surface area contributed by atoms with Crippen LogP contribution in [-0.2, 0) is 10.5 Å².